The van der Waals surface area contributed by atoms with Gasteiger partial charge >= 0.3 is 137 Å². The Labute approximate surface area is 137 Å². The standard InChI is InChI=1S/C17H24O4Te/c1-14(18)20-22(21-15(2)19,17-11-7-4-8-12-17)13-16-9-5-3-6-10-16/h4,7-8,11-12,16H,3,5-6,9-10,13H2,1-2H3. The molecule has 0 atom stereocenters. The predicted molar refractivity (Wildman–Crippen MR) is 86.7 cm³/mol. The quantitative estimate of drug-likeness (QED) is 0.688. The van der Waals surface area contributed by atoms with Gasteiger partial charge in [-0.1, -0.05) is 0 Å². The summed E-state index contributed by atoms with van der Waals surface area (Å²) in [6, 6.07) is 9.58. The van der Waals surface area contributed by atoms with Crippen LogP contribution in [-0.4, -0.2) is 30.9 Å². The minimum absolute atomic E-state index is 0.359. The average molecular weight is 420 g/mol. The fraction of sp³-hybridized carbons (Fsp3) is 0.529. The fourth-order valence-corrected chi connectivity index (χ4v) is 11.1. The van der Waals surface area contributed by atoms with Gasteiger partial charge < -0.3 is 0 Å². The molecule has 1 saturated carbocycles. The zero-order valence-electron chi connectivity index (χ0n) is 13.2. The summed E-state index contributed by atoms with van der Waals surface area (Å²) in [7, 11) is 0. The van der Waals surface area contributed by atoms with Gasteiger partial charge in [0.2, 0.25) is 0 Å². The Hall–Kier alpha value is -1.05. The first-order valence-electron chi connectivity index (χ1n) is 7.78. The Morgan fingerprint density at radius 1 is 1.00 bits per heavy atom. The zero-order chi connectivity index (χ0) is 16.0. The van der Waals surface area contributed by atoms with Crippen molar-refractivity contribution in [2.24, 2.45) is 5.92 Å². The van der Waals surface area contributed by atoms with E-state index in [9.17, 15) is 9.59 Å². The van der Waals surface area contributed by atoms with Crippen molar-refractivity contribution in [1.82, 2.24) is 0 Å². The molecule has 0 heterocycles. The van der Waals surface area contributed by atoms with E-state index in [1.807, 2.05) is 30.3 Å². The summed E-state index contributed by atoms with van der Waals surface area (Å²) in [5, 5.41) is 0. The first-order chi connectivity index (χ1) is 10.5. The van der Waals surface area contributed by atoms with E-state index in [0.29, 0.717) is 10.4 Å². The zero-order valence-corrected chi connectivity index (χ0v) is 15.6. The number of carbonyl (C=O) groups excluding carboxylic acids is 2. The molecule has 0 spiro atoms. The Morgan fingerprint density at radius 3 is 2.05 bits per heavy atom. The molecule has 22 heavy (non-hydrogen) atoms. The molecule has 1 aromatic rings. The molecular weight excluding hydrogens is 396 g/mol. The van der Waals surface area contributed by atoms with Crippen molar-refractivity contribution in [1.29, 1.82) is 0 Å². The van der Waals surface area contributed by atoms with E-state index >= 15 is 0 Å². The average Bonchev–Trinajstić information content (AvgIpc) is 2.47. The van der Waals surface area contributed by atoms with Crippen molar-refractivity contribution in [3.8, 4) is 0 Å². The Balaban J connectivity index is 2.34. The topological polar surface area (TPSA) is 52.6 Å². The van der Waals surface area contributed by atoms with Crippen LogP contribution in [0.3, 0.4) is 0 Å². The van der Waals surface area contributed by atoms with Gasteiger partial charge in [0.15, 0.2) is 0 Å². The van der Waals surface area contributed by atoms with Gasteiger partial charge in [0.1, 0.15) is 0 Å². The van der Waals surface area contributed by atoms with Crippen LogP contribution in [0.15, 0.2) is 30.3 Å². The molecule has 5 heteroatoms. The van der Waals surface area contributed by atoms with Crippen molar-refractivity contribution in [3.05, 3.63) is 30.3 Å². The SMILES string of the molecule is CC(=O)O[Te](CC1CCCCC1)(OC(C)=O)c1ccccc1. The van der Waals surface area contributed by atoms with Crippen molar-refractivity contribution in [2.45, 2.75) is 50.4 Å². The van der Waals surface area contributed by atoms with Gasteiger partial charge in [0.25, 0.3) is 0 Å². The van der Waals surface area contributed by atoms with Crippen molar-refractivity contribution < 1.29 is 15.8 Å². The van der Waals surface area contributed by atoms with Crippen LogP contribution in [0.1, 0.15) is 46.0 Å². The van der Waals surface area contributed by atoms with E-state index < -0.39 is 19.0 Å². The van der Waals surface area contributed by atoms with Crippen LogP contribution >= 0.6 is 0 Å². The van der Waals surface area contributed by atoms with Crippen molar-refractivity contribution in [3.63, 3.8) is 0 Å². The van der Waals surface area contributed by atoms with E-state index in [2.05, 4.69) is 0 Å². The van der Waals surface area contributed by atoms with Gasteiger partial charge in [-0.3, -0.25) is 0 Å². The maximum absolute atomic E-state index is 11.7. The van der Waals surface area contributed by atoms with Crippen LogP contribution in [-0.2, 0) is 15.8 Å². The molecule has 0 amide bonds. The van der Waals surface area contributed by atoms with Gasteiger partial charge in [-0.15, -0.1) is 0 Å². The summed E-state index contributed by atoms with van der Waals surface area (Å²) < 4.78 is 13.1. The van der Waals surface area contributed by atoms with E-state index in [-0.39, 0.29) is 11.9 Å². The summed E-state index contributed by atoms with van der Waals surface area (Å²) in [6.45, 7) is 2.79. The first-order valence-corrected chi connectivity index (χ1v) is 12.5. The third-order valence-electron chi connectivity index (χ3n) is 3.79. The number of benzene rings is 1. The summed E-state index contributed by atoms with van der Waals surface area (Å²) >= 11 is -3.74. The molecule has 0 saturated heterocycles. The molecule has 1 aliphatic rings. The molecule has 0 N–H and O–H groups in total. The molecule has 1 aliphatic carbocycles. The van der Waals surface area contributed by atoms with E-state index in [1.165, 1.54) is 33.1 Å². The Morgan fingerprint density at radius 2 is 1.55 bits per heavy atom. The molecule has 4 nitrogen and oxygen atoms in total. The molecule has 0 radical (unpaired) electrons. The van der Waals surface area contributed by atoms with Crippen molar-refractivity contribution in [2.75, 3.05) is 0 Å². The van der Waals surface area contributed by atoms with Crippen LogP contribution < -0.4 is 3.61 Å². The Bertz CT molecular complexity index is 493. The number of hydrogen-bond donors (Lipinski definition) is 0. The molecule has 2 rings (SSSR count). The third-order valence-corrected chi connectivity index (χ3v) is 12.1. The van der Waals surface area contributed by atoms with Crippen molar-refractivity contribution >= 4 is 34.6 Å². The third kappa shape index (κ3) is 4.72. The van der Waals surface area contributed by atoms with Crippen LogP contribution in [0.25, 0.3) is 0 Å². The molecule has 0 bridgehead atoms. The van der Waals surface area contributed by atoms with Crippen LogP contribution in [0.4, 0.5) is 0 Å². The van der Waals surface area contributed by atoms with Crippen LogP contribution in [0.2, 0.25) is 4.47 Å². The predicted octanol–water partition coefficient (Wildman–Crippen LogP) is 3.04. The van der Waals surface area contributed by atoms with E-state index in [4.69, 9.17) is 6.20 Å². The van der Waals surface area contributed by atoms with Crippen LogP contribution in [0.5, 0.6) is 0 Å². The molecule has 1 fully saturated rings. The Kier molecular flexibility index (Phi) is 6.28. The summed E-state index contributed by atoms with van der Waals surface area (Å²) in [6.07, 6.45) is 5.94. The molecule has 0 aromatic heterocycles. The molecule has 1 aromatic carbocycles. The first kappa shape index (κ1) is 17.3. The minimum atomic E-state index is -3.74. The molecule has 0 aliphatic heterocycles. The second-order valence-electron chi connectivity index (χ2n) is 5.75. The summed E-state index contributed by atoms with van der Waals surface area (Å²) in [5.41, 5.74) is 0. The molecular formula is C17H24O4Te. The second kappa shape index (κ2) is 7.99. The van der Waals surface area contributed by atoms with Gasteiger partial charge in [-0.2, -0.15) is 0 Å². The second-order valence-corrected chi connectivity index (χ2v) is 12.5. The van der Waals surface area contributed by atoms with Gasteiger partial charge in [-0.05, 0) is 0 Å². The van der Waals surface area contributed by atoms with Gasteiger partial charge in [0.05, 0.1) is 0 Å². The fourth-order valence-electron chi connectivity index (χ4n) is 2.95. The van der Waals surface area contributed by atoms with E-state index in [0.717, 1.165) is 16.5 Å². The molecule has 122 valence electrons. The van der Waals surface area contributed by atoms with Crippen LogP contribution in [0, 0.1) is 5.92 Å². The number of hydrogen-bond acceptors (Lipinski definition) is 4. The van der Waals surface area contributed by atoms with Gasteiger partial charge in [-0.25, -0.2) is 0 Å². The van der Waals surface area contributed by atoms with Gasteiger partial charge in [0, 0.05) is 0 Å². The maximum atomic E-state index is 11.7. The number of rotatable bonds is 5. The normalized spacial score (nSPS) is 16.8. The summed E-state index contributed by atoms with van der Waals surface area (Å²) in [4.78, 5) is 23.4. The number of carbonyl (C=O) groups is 2. The molecule has 0 unspecified atom stereocenters. The monoisotopic (exact) mass is 422 g/mol. The summed E-state index contributed by atoms with van der Waals surface area (Å²) in [5.74, 6) is -0.238. The van der Waals surface area contributed by atoms with E-state index in [1.54, 1.807) is 0 Å².